The van der Waals surface area contributed by atoms with Crippen molar-refractivity contribution in [1.29, 1.82) is 0 Å². The van der Waals surface area contributed by atoms with Gasteiger partial charge in [-0.05, 0) is 79.6 Å². The van der Waals surface area contributed by atoms with Crippen LogP contribution in [0.15, 0.2) is 42.5 Å². The van der Waals surface area contributed by atoms with Crippen molar-refractivity contribution < 1.29 is 19.3 Å². The molecular formula is C31H35NO4S. The van der Waals surface area contributed by atoms with Gasteiger partial charge in [0, 0.05) is 40.8 Å². The quantitative estimate of drug-likeness (QED) is 0.448. The van der Waals surface area contributed by atoms with Gasteiger partial charge in [0.2, 0.25) is 0 Å². The molecule has 3 bridgehead atoms. The van der Waals surface area contributed by atoms with Crippen LogP contribution in [-0.2, 0) is 27.9 Å². The molecule has 1 N–H and O–H groups in total. The van der Waals surface area contributed by atoms with Crippen LogP contribution in [0, 0.1) is 17.8 Å². The Morgan fingerprint density at radius 3 is 2.86 bits per heavy atom. The van der Waals surface area contributed by atoms with Gasteiger partial charge in [0.1, 0.15) is 12.2 Å². The molecule has 6 atom stereocenters. The number of phenolic OH excluding ortho intramolecular Hbond substituents is 1. The number of phenols is 1. The number of aromatic hydroxyl groups is 1. The number of nitrogens with zero attached hydrogens (tertiary/aromatic N) is 1. The first-order chi connectivity index (χ1) is 18.1. The summed E-state index contributed by atoms with van der Waals surface area (Å²) in [5, 5.41) is 12.3. The molecule has 3 aliphatic carbocycles. The number of likely N-dealkylation sites (tertiary alicyclic amines) is 1. The summed E-state index contributed by atoms with van der Waals surface area (Å²) in [7, 11) is 1.84. The van der Waals surface area contributed by atoms with Crippen LogP contribution in [0.1, 0.15) is 41.7 Å². The van der Waals surface area contributed by atoms with E-state index in [0.29, 0.717) is 36.8 Å². The Kier molecular flexibility index (Phi) is 5.21. The standard InChI is InChI=1S/C31H35NO4S/c1-34-30-28-22-10-11-32(15-18-6-7-18)24-13-20-8-9-25(33)29(36-28)27(20)31(30,14-23(22)24)17-35-16-21-12-19-4-2-3-5-26(19)37-21/h2-5,8-9,12,18,22-24,28,30,33H,6-7,10-11,13-17H2,1H3. The van der Waals surface area contributed by atoms with Gasteiger partial charge in [-0.15, -0.1) is 11.3 Å². The first-order valence-corrected chi connectivity index (χ1v) is 14.8. The molecule has 37 heavy (non-hydrogen) atoms. The van der Waals surface area contributed by atoms with Crippen LogP contribution >= 0.6 is 11.3 Å². The van der Waals surface area contributed by atoms with Crippen LogP contribution in [0.2, 0.25) is 0 Å². The number of fused-ring (bicyclic) bond motifs is 3. The third-order valence-electron chi connectivity index (χ3n) is 10.1. The molecule has 6 heteroatoms. The number of ether oxygens (including phenoxy) is 3. The predicted molar refractivity (Wildman–Crippen MR) is 144 cm³/mol. The van der Waals surface area contributed by atoms with E-state index in [-0.39, 0.29) is 23.4 Å². The molecule has 3 fully saturated rings. The maximum Gasteiger partial charge on any atom is 0.165 e. The third-order valence-corrected chi connectivity index (χ3v) is 11.1. The van der Waals surface area contributed by atoms with Crippen LogP contribution in [0.5, 0.6) is 11.5 Å². The highest BCUT2D eigenvalue weighted by molar-refractivity contribution is 7.19. The number of methoxy groups -OCH3 is 1. The number of thiophene rings is 1. The van der Waals surface area contributed by atoms with Crippen LogP contribution < -0.4 is 4.74 Å². The monoisotopic (exact) mass is 517 g/mol. The fourth-order valence-electron chi connectivity index (χ4n) is 8.38. The lowest BCUT2D eigenvalue weighted by Crippen LogP contribution is -2.67. The third kappa shape index (κ3) is 3.45. The number of rotatable bonds is 7. The highest BCUT2D eigenvalue weighted by Gasteiger charge is 2.64. The van der Waals surface area contributed by atoms with Gasteiger partial charge >= 0.3 is 0 Å². The molecule has 194 valence electrons. The highest BCUT2D eigenvalue weighted by atomic mass is 32.1. The van der Waals surface area contributed by atoms with Gasteiger partial charge in [-0.25, -0.2) is 0 Å². The molecule has 2 aliphatic heterocycles. The summed E-state index contributed by atoms with van der Waals surface area (Å²) in [4.78, 5) is 4.06. The molecule has 3 heterocycles. The molecule has 5 aliphatic rings. The lowest BCUT2D eigenvalue weighted by atomic mass is 9.56. The second-order valence-electron chi connectivity index (χ2n) is 12.1. The summed E-state index contributed by atoms with van der Waals surface area (Å²) in [5.41, 5.74) is 2.16. The van der Waals surface area contributed by atoms with Crippen molar-refractivity contribution in [3.05, 3.63) is 58.5 Å². The maximum atomic E-state index is 11.0. The second kappa shape index (κ2) is 8.44. The average molecular weight is 518 g/mol. The van der Waals surface area contributed by atoms with Gasteiger partial charge in [-0.3, -0.25) is 4.90 Å². The molecule has 6 unspecified atom stereocenters. The Morgan fingerprint density at radius 2 is 2.03 bits per heavy atom. The molecule has 8 rings (SSSR count). The molecule has 1 saturated heterocycles. The minimum absolute atomic E-state index is 0.0472. The van der Waals surface area contributed by atoms with Crippen molar-refractivity contribution in [3.63, 3.8) is 0 Å². The molecular weight excluding hydrogens is 482 g/mol. The number of hydrogen-bond donors (Lipinski definition) is 1. The van der Waals surface area contributed by atoms with Crippen LogP contribution in [-0.4, -0.2) is 55.1 Å². The van der Waals surface area contributed by atoms with E-state index in [9.17, 15) is 5.11 Å². The molecule has 3 aromatic rings. The summed E-state index contributed by atoms with van der Waals surface area (Å²) >= 11 is 1.81. The zero-order valence-electron chi connectivity index (χ0n) is 21.4. The fraction of sp³-hybridized carbons (Fsp3) is 0.548. The second-order valence-corrected chi connectivity index (χ2v) is 13.3. The average Bonchev–Trinajstić information content (AvgIpc) is 3.64. The van der Waals surface area contributed by atoms with E-state index < -0.39 is 0 Å². The van der Waals surface area contributed by atoms with Crippen molar-refractivity contribution in [3.8, 4) is 11.5 Å². The van der Waals surface area contributed by atoms with Crippen LogP contribution in [0.25, 0.3) is 10.1 Å². The summed E-state index contributed by atoms with van der Waals surface area (Å²) < 4.78 is 21.0. The largest absolute Gasteiger partial charge is 0.504 e. The SMILES string of the molecule is COC1C2Oc3c(O)ccc4c3C1(COCc1cc3ccccc3s1)CC1C2CCN(CC2CC2)C1C4. The Hall–Kier alpha value is -2.12. The smallest absolute Gasteiger partial charge is 0.165 e. The molecule has 0 spiro atoms. The van der Waals surface area contributed by atoms with E-state index in [4.69, 9.17) is 14.2 Å². The number of benzene rings is 2. The Balaban J connectivity index is 1.18. The van der Waals surface area contributed by atoms with Gasteiger partial charge < -0.3 is 19.3 Å². The Labute approximate surface area is 222 Å². The fourth-order valence-corrected chi connectivity index (χ4v) is 9.38. The van der Waals surface area contributed by atoms with Crippen molar-refractivity contribution in [2.45, 2.75) is 62.4 Å². The normalized spacial score (nSPS) is 33.9. The van der Waals surface area contributed by atoms with E-state index in [1.54, 1.807) is 0 Å². The van der Waals surface area contributed by atoms with Crippen LogP contribution in [0.4, 0.5) is 0 Å². The van der Waals surface area contributed by atoms with Gasteiger partial charge in [-0.2, -0.15) is 0 Å². The zero-order chi connectivity index (χ0) is 24.7. The lowest BCUT2D eigenvalue weighted by Gasteiger charge is -2.59. The molecule has 2 aromatic carbocycles. The van der Waals surface area contributed by atoms with Crippen molar-refractivity contribution in [2.24, 2.45) is 17.8 Å². The summed E-state index contributed by atoms with van der Waals surface area (Å²) in [6.45, 7) is 3.56. The predicted octanol–water partition coefficient (Wildman–Crippen LogP) is 5.51. The van der Waals surface area contributed by atoms with Crippen molar-refractivity contribution in [1.82, 2.24) is 4.90 Å². The Morgan fingerprint density at radius 1 is 1.14 bits per heavy atom. The van der Waals surface area contributed by atoms with E-state index in [0.717, 1.165) is 37.3 Å². The number of hydrogen-bond acceptors (Lipinski definition) is 6. The lowest BCUT2D eigenvalue weighted by molar-refractivity contribution is -0.171. The van der Waals surface area contributed by atoms with E-state index in [1.165, 1.54) is 39.9 Å². The van der Waals surface area contributed by atoms with Crippen LogP contribution in [0.3, 0.4) is 0 Å². The first-order valence-electron chi connectivity index (χ1n) is 14.0. The zero-order valence-corrected chi connectivity index (χ0v) is 22.2. The Bertz CT molecular complexity index is 1320. The summed E-state index contributed by atoms with van der Waals surface area (Å²) in [5.74, 6) is 2.84. The molecule has 5 nitrogen and oxygen atoms in total. The van der Waals surface area contributed by atoms with Gasteiger partial charge in [0.15, 0.2) is 11.5 Å². The molecule has 0 amide bonds. The highest BCUT2D eigenvalue weighted by Crippen LogP contribution is 2.61. The summed E-state index contributed by atoms with van der Waals surface area (Å²) in [6, 6.07) is 15.3. The van der Waals surface area contributed by atoms with Crippen molar-refractivity contribution >= 4 is 21.4 Å². The minimum atomic E-state index is -0.309. The molecule has 1 aromatic heterocycles. The van der Waals surface area contributed by atoms with Crippen molar-refractivity contribution in [2.75, 3.05) is 26.8 Å². The van der Waals surface area contributed by atoms with Gasteiger partial charge in [-0.1, -0.05) is 24.3 Å². The first kappa shape index (κ1) is 22.8. The minimum Gasteiger partial charge on any atom is -0.504 e. The van der Waals surface area contributed by atoms with E-state index >= 15 is 0 Å². The summed E-state index contributed by atoms with van der Waals surface area (Å²) in [6.07, 6.45) is 5.87. The molecule has 2 saturated carbocycles. The van der Waals surface area contributed by atoms with Gasteiger partial charge in [0.25, 0.3) is 0 Å². The molecule has 0 radical (unpaired) electrons. The number of piperidine rings is 1. The van der Waals surface area contributed by atoms with Gasteiger partial charge in [0.05, 0.1) is 18.6 Å². The maximum absolute atomic E-state index is 11.0. The topological polar surface area (TPSA) is 51.2 Å². The van der Waals surface area contributed by atoms with E-state index in [1.807, 2.05) is 24.5 Å². The van der Waals surface area contributed by atoms with E-state index in [2.05, 4.69) is 41.3 Å².